The second-order valence-electron chi connectivity index (χ2n) is 4.38. The molecule has 0 unspecified atom stereocenters. The summed E-state index contributed by atoms with van der Waals surface area (Å²) in [5, 5.41) is 13.4. The highest BCUT2D eigenvalue weighted by Crippen LogP contribution is 2.37. The van der Waals surface area contributed by atoms with Crippen molar-refractivity contribution in [3.63, 3.8) is 0 Å². The number of hydrogen-bond acceptors (Lipinski definition) is 4. The molecule has 98 valence electrons. The van der Waals surface area contributed by atoms with Gasteiger partial charge in [-0.15, -0.1) is 0 Å². The number of nitrogens with one attached hydrogen (secondary N) is 1. The van der Waals surface area contributed by atoms with Gasteiger partial charge in [0.25, 0.3) is 11.6 Å². The van der Waals surface area contributed by atoms with E-state index < -0.39 is 4.92 Å². The van der Waals surface area contributed by atoms with E-state index in [0.29, 0.717) is 25.2 Å². The summed E-state index contributed by atoms with van der Waals surface area (Å²) in [7, 11) is 0. The normalized spacial score (nSPS) is 14.5. The van der Waals surface area contributed by atoms with Gasteiger partial charge in [0, 0.05) is 18.7 Å². The Labute approximate surface area is 104 Å². The van der Waals surface area contributed by atoms with Crippen LogP contribution in [0.15, 0.2) is 12.3 Å². The van der Waals surface area contributed by atoms with Crippen molar-refractivity contribution in [1.82, 2.24) is 9.88 Å². The lowest BCUT2D eigenvalue weighted by Crippen LogP contribution is -2.27. The third-order valence-electron chi connectivity index (χ3n) is 2.88. The molecule has 0 aromatic carbocycles. The summed E-state index contributed by atoms with van der Waals surface area (Å²) in [5.41, 5.74) is 5.67. The molecule has 0 aliphatic heterocycles. The maximum Gasteiger partial charge on any atom is 0.287 e. The van der Waals surface area contributed by atoms with Gasteiger partial charge in [-0.2, -0.15) is 0 Å². The van der Waals surface area contributed by atoms with Crippen LogP contribution in [0.2, 0.25) is 0 Å². The SMILES string of the molecule is NCCCNC(=O)c1cc([N+](=O)[O-])cn1C1CC1. The third kappa shape index (κ3) is 2.67. The van der Waals surface area contributed by atoms with Crippen LogP contribution in [0.1, 0.15) is 35.8 Å². The summed E-state index contributed by atoms with van der Waals surface area (Å²) < 4.78 is 1.70. The van der Waals surface area contributed by atoms with Crippen molar-refractivity contribution < 1.29 is 9.72 Å². The van der Waals surface area contributed by atoms with E-state index in [-0.39, 0.29) is 17.6 Å². The van der Waals surface area contributed by atoms with Gasteiger partial charge in [0.2, 0.25) is 0 Å². The number of hydrogen-bond donors (Lipinski definition) is 2. The summed E-state index contributed by atoms with van der Waals surface area (Å²) in [6.45, 7) is 0.989. The molecule has 1 aliphatic rings. The van der Waals surface area contributed by atoms with Gasteiger partial charge < -0.3 is 15.6 Å². The zero-order valence-electron chi connectivity index (χ0n) is 9.96. The van der Waals surface area contributed by atoms with Gasteiger partial charge in [-0.3, -0.25) is 14.9 Å². The van der Waals surface area contributed by atoms with Gasteiger partial charge in [0.15, 0.2) is 0 Å². The maximum atomic E-state index is 11.9. The molecule has 1 saturated carbocycles. The van der Waals surface area contributed by atoms with E-state index in [0.717, 1.165) is 12.8 Å². The molecule has 3 N–H and O–H groups in total. The van der Waals surface area contributed by atoms with Crippen LogP contribution < -0.4 is 11.1 Å². The number of amides is 1. The van der Waals surface area contributed by atoms with Crippen LogP contribution in [-0.4, -0.2) is 28.5 Å². The fraction of sp³-hybridized carbons (Fsp3) is 0.545. The Morgan fingerprint density at radius 1 is 1.61 bits per heavy atom. The fourth-order valence-corrected chi connectivity index (χ4v) is 1.80. The largest absolute Gasteiger partial charge is 0.351 e. The smallest absolute Gasteiger partial charge is 0.287 e. The molecule has 1 aromatic heterocycles. The highest BCUT2D eigenvalue weighted by Gasteiger charge is 2.30. The van der Waals surface area contributed by atoms with E-state index >= 15 is 0 Å². The molecule has 0 spiro atoms. The van der Waals surface area contributed by atoms with Crippen LogP contribution in [0.3, 0.4) is 0 Å². The molecule has 1 aromatic rings. The van der Waals surface area contributed by atoms with Crippen LogP contribution in [0.25, 0.3) is 0 Å². The van der Waals surface area contributed by atoms with Crippen LogP contribution in [0.4, 0.5) is 5.69 Å². The van der Waals surface area contributed by atoms with Crippen LogP contribution in [0.5, 0.6) is 0 Å². The molecule has 1 fully saturated rings. The number of aromatic nitrogens is 1. The Bertz CT molecular complexity index is 465. The molecule has 1 heterocycles. The summed E-state index contributed by atoms with van der Waals surface area (Å²) in [6, 6.07) is 1.56. The van der Waals surface area contributed by atoms with Crippen LogP contribution in [-0.2, 0) is 0 Å². The highest BCUT2D eigenvalue weighted by atomic mass is 16.6. The Kier molecular flexibility index (Phi) is 3.61. The first-order chi connectivity index (χ1) is 8.63. The average Bonchev–Trinajstić information content (AvgIpc) is 3.07. The van der Waals surface area contributed by atoms with Crippen molar-refractivity contribution >= 4 is 11.6 Å². The lowest BCUT2D eigenvalue weighted by molar-refractivity contribution is -0.384. The maximum absolute atomic E-state index is 11.9. The van der Waals surface area contributed by atoms with Crippen LogP contribution in [0, 0.1) is 10.1 Å². The molecular formula is C11H16N4O3. The Morgan fingerprint density at radius 2 is 2.33 bits per heavy atom. The molecular weight excluding hydrogens is 236 g/mol. The zero-order valence-corrected chi connectivity index (χ0v) is 9.96. The lowest BCUT2D eigenvalue weighted by Gasteiger charge is -2.07. The van der Waals surface area contributed by atoms with Crippen molar-refractivity contribution in [2.24, 2.45) is 5.73 Å². The van der Waals surface area contributed by atoms with Gasteiger partial charge >= 0.3 is 0 Å². The summed E-state index contributed by atoms with van der Waals surface area (Å²) in [5.74, 6) is -0.275. The van der Waals surface area contributed by atoms with Gasteiger partial charge in [0.05, 0.1) is 11.1 Å². The predicted octanol–water partition coefficient (Wildman–Crippen LogP) is 0.810. The first-order valence-corrected chi connectivity index (χ1v) is 5.98. The van der Waals surface area contributed by atoms with E-state index in [4.69, 9.17) is 5.73 Å². The van der Waals surface area contributed by atoms with Gasteiger partial charge in [-0.25, -0.2) is 0 Å². The Balaban J connectivity index is 2.14. The molecule has 0 saturated heterocycles. The quantitative estimate of drug-likeness (QED) is 0.444. The zero-order chi connectivity index (χ0) is 13.1. The van der Waals surface area contributed by atoms with E-state index in [1.54, 1.807) is 4.57 Å². The van der Waals surface area contributed by atoms with Gasteiger partial charge in [0.1, 0.15) is 5.69 Å². The number of nitrogens with two attached hydrogens (primary N) is 1. The molecule has 7 heteroatoms. The lowest BCUT2D eigenvalue weighted by atomic mass is 10.3. The summed E-state index contributed by atoms with van der Waals surface area (Å²) in [4.78, 5) is 22.2. The van der Waals surface area contributed by atoms with Gasteiger partial charge in [-0.1, -0.05) is 0 Å². The standard InChI is InChI=1S/C11H16N4O3/c12-4-1-5-13-11(16)10-6-9(15(17)18)7-14(10)8-2-3-8/h6-8H,1-5,12H2,(H,13,16). The third-order valence-corrected chi connectivity index (χ3v) is 2.88. The van der Waals surface area contributed by atoms with Crippen LogP contribution >= 0.6 is 0 Å². The molecule has 2 rings (SSSR count). The predicted molar refractivity (Wildman–Crippen MR) is 65.4 cm³/mol. The van der Waals surface area contributed by atoms with E-state index in [1.807, 2.05) is 0 Å². The molecule has 1 aliphatic carbocycles. The van der Waals surface area contributed by atoms with Crippen molar-refractivity contribution in [3.05, 3.63) is 28.1 Å². The number of carbonyl (C=O) groups is 1. The molecule has 18 heavy (non-hydrogen) atoms. The average molecular weight is 252 g/mol. The number of nitro groups is 1. The minimum Gasteiger partial charge on any atom is -0.351 e. The second kappa shape index (κ2) is 5.18. The van der Waals surface area contributed by atoms with Crippen molar-refractivity contribution in [1.29, 1.82) is 0 Å². The Hall–Kier alpha value is -1.89. The van der Waals surface area contributed by atoms with E-state index in [1.165, 1.54) is 12.3 Å². The van der Waals surface area contributed by atoms with Crippen molar-refractivity contribution in [2.45, 2.75) is 25.3 Å². The number of nitrogens with zero attached hydrogens (tertiary/aromatic N) is 2. The highest BCUT2D eigenvalue weighted by molar-refractivity contribution is 5.93. The monoisotopic (exact) mass is 252 g/mol. The molecule has 0 bridgehead atoms. The second-order valence-corrected chi connectivity index (χ2v) is 4.38. The van der Waals surface area contributed by atoms with Crippen molar-refractivity contribution in [2.75, 3.05) is 13.1 Å². The van der Waals surface area contributed by atoms with E-state index in [9.17, 15) is 14.9 Å². The minimum atomic E-state index is -0.477. The van der Waals surface area contributed by atoms with Gasteiger partial charge in [-0.05, 0) is 25.8 Å². The minimum absolute atomic E-state index is 0.0362. The number of carbonyl (C=O) groups excluding carboxylic acids is 1. The topological polar surface area (TPSA) is 103 Å². The molecule has 0 atom stereocenters. The molecule has 1 amide bonds. The van der Waals surface area contributed by atoms with Crippen molar-refractivity contribution in [3.8, 4) is 0 Å². The molecule has 0 radical (unpaired) electrons. The fourth-order valence-electron chi connectivity index (χ4n) is 1.80. The summed E-state index contributed by atoms with van der Waals surface area (Å²) in [6.07, 6.45) is 4.07. The number of rotatable bonds is 6. The Morgan fingerprint density at radius 3 is 2.89 bits per heavy atom. The van der Waals surface area contributed by atoms with E-state index in [2.05, 4.69) is 5.32 Å². The first-order valence-electron chi connectivity index (χ1n) is 5.98. The molecule has 7 nitrogen and oxygen atoms in total. The summed E-state index contributed by atoms with van der Waals surface area (Å²) >= 11 is 0. The first kappa shape index (κ1) is 12.6.